The average Bonchev–Trinajstić information content (AvgIpc) is 2.78. The van der Waals surface area contributed by atoms with E-state index in [0.717, 1.165) is 15.3 Å². The second kappa shape index (κ2) is 4.63. The molecule has 19 heavy (non-hydrogen) atoms. The molecule has 1 aromatic heterocycles. The summed E-state index contributed by atoms with van der Waals surface area (Å²) in [6, 6.07) is 7.92. The van der Waals surface area contributed by atoms with Gasteiger partial charge in [-0.3, -0.25) is 0 Å². The number of hydrogen-bond acceptors (Lipinski definition) is 3. The summed E-state index contributed by atoms with van der Waals surface area (Å²) in [6.45, 7) is 0. The average molecular weight is 313 g/mol. The third-order valence-corrected chi connectivity index (χ3v) is 4.39. The lowest BCUT2D eigenvalue weighted by atomic mass is 10.2. The van der Waals surface area contributed by atoms with Crippen molar-refractivity contribution in [1.29, 1.82) is 0 Å². The minimum absolute atomic E-state index is 0.308. The minimum Gasteiger partial charge on any atom is -0.396 e. The first-order chi connectivity index (χ1) is 9.04. The molecule has 1 heterocycles. The van der Waals surface area contributed by atoms with Crippen molar-refractivity contribution in [3.63, 3.8) is 0 Å². The van der Waals surface area contributed by atoms with E-state index in [-0.39, 0.29) is 5.82 Å². The van der Waals surface area contributed by atoms with Crippen molar-refractivity contribution in [2.75, 3.05) is 5.73 Å². The highest BCUT2D eigenvalue weighted by atomic mass is 35.5. The van der Waals surface area contributed by atoms with E-state index in [1.165, 1.54) is 23.5 Å². The van der Waals surface area contributed by atoms with Crippen molar-refractivity contribution in [2.45, 2.75) is 0 Å². The van der Waals surface area contributed by atoms with Gasteiger partial charge in [-0.15, -0.1) is 11.3 Å². The number of benzene rings is 2. The van der Waals surface area contributed by atoms with Crippen LogP contribution in [0.3, 0.4) is 0 Å². The molecule has 0 bridgehead atoms. The minimum atomic E-state index is -0.308. The van der Waals surface area contributed by atoms with Crippen LogP contribution in [0.1, 0.15) is 0 Å². The molecule has 0 atom stereocenters. The molecule has 0 amide bonds. The van der Waals surface area contributed by atoms with E-state index >= 15 is 0 Å². The van der Waals surface area contributed by atoms with Crippen molar-refractivity contribution in [3.05, 3.63) is 46.2 Å². The molecule has 0 saturated heterocycles. The van der Waals surface area contributed by atoms with Crippen LogP contribution in [0, 0.1) is 5.82 Å². The van der Waals surface area contributed by atoms with Crippen LogP contribution in [-0.4, -0.2) is 4.98 Å². The van der Waals surface area contributed by atoms with Gasteiger partial charge in [0.2, 0.25) is 0 Å². The van der Waals surface area contributed by atoms with Crippen LogP contribution in [0.15, 0.2) is 30.3 Å². The number of anilines is 1. The van der Waals surface area contributed by atoms with Crippen LogP contribution in [0.25, 0.3) is 20.8 Å². The molecular weight excluding hydrogens is 306 g/mol. The summed E-state index contributed by atoms with van der Waals surface area (Å²) < 4.78 is 14.0. The van der Waals surface area contributed by atoms with Gasteiger partial charge in [-0.25, -0.2) is 9.37 Å². The number of halogens is 3. The summed E-state index contributed by atoms with van der Waals surface area (Å²) in [7, 11) is 0. The zero-order chi connectivity index (χ0) is 13.6. The molecule has 0 saturated carbocycles. The van der Waals surface area contributed by atoms with Crippen LogP contribution < -0.4 is 5.73 Å². The highest BCUT2D eigenvalue weighted by Gasteiger charge is 2.11. The quantitative estimate of drug-likeness (QED) is 0.643. The lowest BCUT2D eigenvalue weighted by Crippen LogP contribution is -1.88. The Morgan fingerprint density at radius 1 is 1.11 bits per heavy atom. The van der Waals surface area contributed by atoms with Gasteiger partial charge in [-0.05, 0) is 24.3 Å². The fraction of sp³-hybridized carbons (Fsp3) is 0. The first-order valence-corrected chi connectivity index (χ1v) is 6.93. The maximum absolute atomic E-state index is 13.1. The summed E-state index contributed by atoms with van der Waals surface area (Å²) >= 11 is 13.4. The van der Waals surface area contributed by atoms with E-state index in [4.69, 9.17) is 28.9 Å². The number of fused-ring (bicyclic) bond motifs is 1. The molecular formula is C13H7Cl2FN2S. The fourth-order valence-electron chi connectivity index (χ4n) is 1.73. The SMILES string of the molecule is Nc1c(Cl)cc(-c2nc3cc(F)ccc3s2)cc1Cl. The Labute approximate surface area is 122 Å². The van der Waals surface area contributed by atoms with Crippen molar-refractivity contribution in [3.8, 4) is 10.6 Å². The molecule has 0 aliphatic carbocycles. The first kappa shape index (κ1) is 12.7. The van der Waals surface area contributed by atoms with E-state index in [9.17, 15) is 4.39 Å². The summed E-state index contributed by atoms with van der Waals surface area (Å²) in [5.41, 5.74) is 7.42. The zero-order valence-electron chi connectivity index (χ0n) is 9.45. The third kappa shape index (κ3) is 2.27. The monoisotopic (exact) mass is 312 g/mol. The maximum Gasteiger partial charge on any atom is 0.125 e. The maximum atomic E-state index is 13.1. The molecule has 3 rings (SSSR count). The second-order valence-corrected chi connectivity index (χ2v) is 5.83. The van der Waals surface area contributed by atoms with E-state index in [1.807, 2.05) is 0 Å². The Kier molecular flexibility index (Phi) is 3.09. The van der Waals surface area contributed by atoms with Crippen molar-refractivity contribution >= 4 is 50.4 Å². The number of nitrogens with two attached hydrogens (primary N) is 1. The van der Waals surface area contributed by atoms with Crippen LogP contribution in [0.2, 0.25) is 10.0 Å². The van der Waals surface area contributed by atoms with E-state index in [1.54, 1.807) is 18.2 Å². The largest absolute Gasteiger partial charge is 0.396 e. The molecule has 0 unspecified atom stereocenters. The highest BCUT2D eigenvalue weighted by molar-refractivity contribution is 7.21. The van der Waals surface area contributed by atoms with Gasteiger partial charge in [0.1, 0.15) is 10.8 Å². The number of thiazole rings is 1. The topological polar surface area (TPSA) is 38.9 Å². The first-order valence-electron chi connectivity index (χ1n) is 5.35. The van der Waals surface area contributed by atoms with Gasteiger partial charge in [0, 0.05) is 11.6 Å². The van der Waals surface area contributed by atoms with Crippen LogP contribution >= 0.6 is 34.5 Å². The van der Waals surface area contributed by atoms with Crippen molar-refractivity contribution < 1.29 is 4.39 Å². The van der Waals surface area contributed by atoms with Gasteiger partial charge >= 0.3 is 0 Å². The number of aromatic nitrogens is 1. The summed E-state index contributed by atoms with van der Waals surface area (Å²) in [5.74, 6) is -0.308. The summed E-state index contributed by atoms with van der Waals surface area (Å²) in [5, 5.41) is 1.49. The van der Waals surface area contributed by atoms with E-state index in [2.05, 4.69) is 4.98 Å². The summed E-state index contributed by atoms with van der Waals surface area (Å²) in [6.07, 6.45) is 0. The van der Waals surface area contributed by atoms with Gasteiger partial charge in [-0.1, -0.05) is 23.2 Å². The molecule has 2 aromatic carbocycles. The van der Waals surface area contributed by atoms with E-state index in [0.29, 0.717) is 21.2 Å². The number of hydrogen-bond donors (Lipinski definition) is 1. The Bertz CT molecular complexity index is 762. The molecule has 0 aliphatic heterocycles. The Morgan fingerprint density at radius 2 is 1.79 bits per heavy atom. The molecule has 0 radical (unpaired) electrons. The van der Waals surface area contributed by atoms with Crippen molar-refractivity contribution in [2.24, 2.45) is 0 Å². The Morgan fingerprint density at radius 3 is 2.47 bits per heavy atom. The molecule has 3 aromatic rings. The zero-order valence-corrected chi connectivity index (χ0v) is 11.8. The lowest BCUT2D eigenvalue weighted by Gasteiger charge is -2.03. The molecule has 2 N–H and O–H groups in total. The Hall–Kier alpha value is -1.36. The standard InChI is InChI=1S/C13H7Cl2FN2S/c14-8-3-6(4-9(15)12(8)17)13-18-10-5-7(16)1-2-11(10)19-13/h1-5H,17H2. The van der Waals surface area contributed by atoms with Gasteiger partial charge in [0.05, 0.1) is 25.9 Å². The molecule has 0 aliphatic rings. The smallest absolute Gasteiger partial charge is 0.125 e. The third-order valence-electron chi connectivity index (χ3n) is 2.68. The van der Waals surface area contributed by atoms with Gasteiger partial charge in [0.25, 0.3) is 0 Å². The summed E-state index contributed by atoms with van der Waals surface area (Å²) in [4.78, 5) is 4.38. The molecule has 0 spiro atoms. The molecule has 6 heteroatoms. The predicted molar refractivity (Wildman–Crippen MR) is 79.4 cm³/mol. The van der Waals surface area contributed by atoms with Gasteiger partial charge < -0.3 is 5.73 Å². The van der Waals surface area contributed by atoms with Crippen LogP contribution in [0.4, 0.5) is 10.1 Å². The normalized spacial score (nSPS) is 11.1. The Balaban J connectivity index is 2.19. The van der Waals surface area contributed by atoms with Gasteiger partial charge in [-0.2, -0.15) is 0 Å². The number of nitrogens with zero attached hydrogens (tertiary/aromatic N) is 1. The highest BCUT2D eigenvalue weighted by Crippen LogP contribution is 2.36. The molecule has 2 nitrogen and oxygen atoms in total. The van der Waals surface area contributed by atoms with Gasteiger partial charge in [0.15, 0.2) is 0 Å². The molecule has 0 fully saturated rings. The lowest BCUT2D eigenvalue weighted by molar-refractivity contribution is 0.629. The number of nitrogen functional groups attached to an aromatic ring is 1. The predicted octanol–water partition coefficient (Wildman–Crippen LogP) is 4.99. The second-order valence-electron chi connectivity index (χ2n) is 3.98. The fourth-order valence-corrected chi connectivity index (χ4v) is 3.15. The number of rotatable bonds is 1. The van der Waals surface area contributed by atoms with Crippen LogP contribution in [0.5, 0.6) is 0 Å². The van der Waals surface area contributed by atoms with Crippen molar-refractivity contribution in [1.82, 2.24) is 4.98 Å². The van der Waals surface area contributed by atoms with E-state index < -0.39 is 0 Å². The van der Waals surface area contributed by atoms with Crippen LogP contribution in [-0.2, 0) is 0 Å². The molecule has 96 valence electrons.